The van der Waals surface area contributed by atoms with Gasteiger partial charge in [-0.1, -0.05) is 6.92 Å². The zero-order chi connectivity index (χ0) is 13.7. The molecule has 1 aromatic rings. The van der Waals surface area contributed by atoms with Crippen LogP contribution in [-0.4, -0.2) is 16.7 Å². The molecule has 110 valence electrons. The lowest BCUT2D eigenvalue weighted by molar-refractivity contribution is -0.0184. The molecule has 4 saturated carbocycles. The lowest BCUT2D eigenvalue weighted by Crippen LogP contribution is -2.48. The summed E-state index contributed by atoms with van der Waals surface area (Å²) in [5, 5.41) is 12.1. The Morgan fingerprint density at radius 1 is 1.15 bits per heavy atom. The molecule has 0 radical (unpaired) electrons. The van der Waals surface area contributed by atoms with Crippen molar-refractivity contribution in [2.75, 3.05) is 6.54 Å². The van der Waals surface area contributed by atoms with Gasteiger partial charge >= 0.3 is 0 Å². The van der Waals surface area contributed by atoms with Crippen molar-refractivity contribution in [1.82, 2.24) is 15.5 Å². The highest BCUT2D eigenvalue weighted by atomic mass is 16.4. The van der Waals surface area contributed by atoms with E-state index in [0.29, 0.717) is 0 Å². The Kier molecular flexibility index (Phi) is 2.92. The Hall–Kier alpha value is -0.900. The average molecular weight is 275 g/mol. The van der Waals surface area contributed by atoms with Gasteiger partial charge in [-0.3, -0.25) is 0 Å². The number of nitrogens with one attached hydrogen (secondary N) is 1. The van der Waals surface area contributed by atoms with Crippen LogP contribution in [0.2, 0.25) is 0 Å². The van der Waals surface area contributed by atoms with E-state index >= 15 is 0 Å². The predicted octanol–water partition coefficient (Wildman–Crippen LogP) is 3.21. The average Bonchev–Trinajstić information content (AvgIpc) is 2.87. The fraction of sp³-hybridized carbons (Fsp3) is 0.875. The van der Waals surface area contributed by atoms with Crippen molar-refractivity contribution >= 4 is 0 Å². The van der Waals surface area contributed by atoms with Crippen molar-refractivity contribution in [3.05, 3.63) is 11.8 Å². The van der Waals surface area contributed by atoms with Crippen LogP contribution < -0.4 is 5.32 Å². The molecule has 4 bridgehead atoms. The maximum absolute atomic E-state index is 6.10. The first-order valence-electron chi connectivity index (χ1n) is 8.26. The molecule has 0 aromatic carbocycles. The van der Waals surface area contributed by atoms with Gasteiger partial charge in [-0.25, -0.2) is 0 Å². The lowest BCUT2D eigenvalue weighted by atomic mass is 9.49. The van der Waals surface area contributed by atoms with E-state index in [-0.39, 0.29) is 11.5 Å². The van der Waals surface area contributed by atoms with E-state index in [1.807, 2.05) is 0 Å². The molecule has 20 heavy (non-hydrogen) atoms. The first-order chi connectivity index (χ1) is 9.68. The molecule has 1 heterocycles. The van der Waals surface area contributed by atoms with Gasteiger partial charge in [0.05, 0.1) is 6.04 Å². The third-order valence-corrected chi connectivity index (χ3v) is 5.81. The molecule has 4 heteroatoms. The minimum absolute atomic E-state index is 0.162. The summed E-state index contributed by atoms with van der Waals surface area (Å²) in [6, 6.07) is 0.162. The molecular formula is C16H25N3O. The van der Waals surface area contributed by atoms with E-state index in [2.05, 4.69) is 29.4 Å². The van der Waals surface area contributed by atoms with Crippen LogP contribution in [0.3, 0.4) is 0 Å². The Morgan fingerprint density at radius 3 is 2.30 bits per heavy atom. The summed E-state index contributed by atoms with van der Waals surface area (Å²) in [5.41, 5.74) is 0.228. The summed E-state index contributed by atoms with van der Waals surface area (Å²) >= 11 is 0. The van der Waals surface area contributed by atoms with Crippen molar-refractivity contribution in [3.63, 3.8) is 0 Å². The van der Waals surface area contributed by atoms with Crippen molar-refractivity contribution in [2.24, 2.45) is 17.8 Å². The first-order valence-corrected chi connectivity index (χ1v) is 8.26. The highest BCUT2D eigenvalue weighted by Gasteiger charge is 2.54. The van der Waals surface area contributed by atoms with E-state index in [0.717, 1.165) is 36.1 Å². The van der Waals surface area contributed by atoms with Gasteiger partial charge in [-0.2, -0.15) is 0 Å². The summed E-state index contributed by atoms with van der Waals surface area (Å²) in [4.78, 5) is 0. The summed E-state index contributed by atoms with van der Waals surface area (Å²) < 4.78 is 6.10. The van der Waals surface area contributed by atoms with E-state index in [9.17, 15) is 0 Å². The Morgan fingerprint density at radius 2 is 1.75 bits per heavy atom. The van der Waals surface area contributed by atoms with Crippen molar-refractivity contribution in [3.8, 4) is 0 Å². The Bertz CT molecular complexity index is 460. The highest BCUT2D eigenvalue weighted by molar-refractivity contribution is 5.15. The van der Waals surface area contributed by atoms with Crippen LogP contribution in [0.4, 0.5) is 0 Å². The highest BCUT2D eigenvalue weighted by Crippen LogP contribution is 2.60. The molecule has 4 fully saturated rings. The fourth-order valence-electron chi connectivity index (χ4n) is 5.39. The largest absolute Gasteiger partial charge is 0.423 e. The normalized spacial score (nSPS) is 40.2. The minimum atomic E-state index is 0.162. The summed E-state index contributed by atoms with van der Waals surface area (Å²) in [6.07, 6.45) is 8.22. The van der Waals surface area contributed by atoms with Gasteiger partial charge in [0.1, 0.15) is 0 Å². The molecule has 1 atom stereocenters. The maximum atomic E-state index is 6.10. The lowest BCUT2D eigenvalue weighted by Gasteiger charge is -2.55. The van der Waals surface area contributed by atoms with Crippen LogP contribution >= 0.6 is 0 Å². The monoisotopic (exact) mass is 275 g/mol. The molecule has 4 aliphatic rings. The summed E-state index contributed by atoms with van der Waals surface area (Å²) in [5.74, 6) is 4.46. The molecule has 0 spiro atoms. The summed E-state index contributed by atoms with van der Waals surface area (Å²) in [7, 11) is 0. The van der Waals surface area contributed by atoms with Gasteiger partial charge in [-0.15, -0.1) is 10.2 Å². The van der Waals surface area contributed by atoms with Crippen LogP contribution in [0.25, 0.3) is 0 Å². The molecule has 1 aromatic heterocycles. The predicted molar refractivity (Wildman–Crippen MR) is 76.2 cm³/mol. The molecule has 0 aliphatic heterocycles. The van der Waals surface area contributed by atoms with E-state index in [4.69, 9.17) is 4.42 Å². The van der Waals surface area contributed by atoms with E-state index < -0.39 is 0 Å². The minimum Gasteiger partial charge on any atom is -0.423 e. The topological polar surface area (TPSA) is 51.0 Å². The summed E-state index contributed by atoms with van der Waals surface area (Å²) in [6.45, 7) is 5.13. The van der Waals surface area contributed by atoms with Crippen molar-refractivity contribution < 1.29 is 4.42 Å². The standard InChI is InChI=1S/C16H25N3O/c1-3-17-10(2)14-18-19-15(20-14)16-7-11-4-12(8-16)6-13(5-11)9-16/h10-13,17H,3-9H2,1-2H3. The van der Waals surface area contributed by atoms with Gasteiger partial charge in [0, 0.05) is 5.41 Å². The van der Waals surface area contributed by atoms with Crippen molar-refractivity contribution in [2.45, 2.75) is 63.8 Å². The molecule has 4 nitrogen and oxygen atoms in total. The number of hydrogen-bond acceptors (Lipinski definition) is 4. The second-order valence-corrected chi connectivity index (χ2v) is 7.42. The second kappa shape index (κ2) is 4.55. The van der Waals surface area contributed by atoms with E-state index in [1.165, 1.54) is 38.5 Å². The zero-order valence-electron chi connectivity index (χ0n) is 12.6. The van der Waals surface area contributed by atoms with Crippen LogP contribution in [0.1, 0.15) is 70.2 Å². The second-order valence-electron chi connectivity index (χ2n) is 7.42. The van der Waals surface area contributed by atoms with E-state index in [1.54, 1.807) is 0 Å². The van der Waals surface area contributed by atoms with Gasteiger partial charge in [0.15, 0.2) is 0 Å². The van der Waals surface area contributed by atoms with Gasteiger partial charge in [0.25, 0.3) is 0 Å². The third kappa shape index (κ3) is 1.92. The fourth-order valence-corrected chi connectivity index (χ4v) is 5.39. The van der Waals surface area contributed by atoms with Gasteiger partial charge in [0.2, 0.25) is 11.8 Å². The molecule has 1 N–H and O–H groups in total. The maximum Gasteiger partial charge on any atom is 0.233 e. The number of aromatic nitrogens is 2. The Labute approximate surface area is 120 Å². The smallest absolute Gasteiger partial charge is 0.233 e. The van der Waals surface area contributed by atoms with Crippen LogP contribution in [0.15, 0.2) is 4.42 Å². The molecule has 1 unspecified atom stereocenters. The zero-order valence-corrected chi connectivity index (χ0v) is 12.6. The molecule has 4 aliphatic carbocycles. The SMILES string of the molecule is CCNC(C)c1nnc(C23CC4CC(CC(C4)C2)C3)o1. The van der Waals surface area contributed by atoms with Gasteiger partial charge < -0.3 is 9.73 Å². The third-order valence-electron chi connectivity index (χ3n) is 5.81. The number of rotatable bonds is 4. The number of nitrogens with zero attached hydrogens (tertiary/aromatic N) is 2. The van der Waals surface area contributed by atoms with Crippen LogP contribution in [0, 0.1) is 17.8 Å². The molecule has 5 rings (SSSR count). The Balaban J connectivity index is 1.61. The van der Waals surface area contributed by atoms with Crippen molar-refractivity contribution in [1.29, 1.82) is 0 Å². The first kappa shape index (κ1) is 12.8. The number of hydrogen-bond donors (Lipinski definition) is 1. The van der Waals surface area contributed by atoms with Crippen LogP contribution in [0.5, 0.6) is 0 Å². The van der Waals surface area contributed by atoms with Crippen LogP contribution in [-0.2, 0) is 5.41 Å². The molecule has 0 saturated heterocycles. The molecular weight excluding hydrogens is 250 g/mol. The molecule has 0 amide bonds. The quantitative estimate of drug-likeness (QED) is 0.916. The van der Waals surface area contributed by atoms with Gasteiger partial charge in [-0.05, 0) is 69.7 Å².